The van der Waals surface area contributed by atoms with Gasteiger partial charge in [0.05, 0.1) is 0 Å². The second kappa shape index (κ2) is 6.17. The van der Waals surface area contributed by atoms with Gasteiger partial charge in [0.1, 0.15) is 16.8 Å². The summed E-state index contributed by atoms with van der Waals surface area (Å²) in [6.07, 6.45) is 1.62. The second-order valence-electron chi connectivity index (χ2n) is 3.98. The van der Waals surface area contributed by atoms with Crippen LogP contribution in [0.5, 0.6) is 0 Å². The Balaban J connectivity index is 2.23. The molecule has 6 nitrogen and oxygen atoms in total. The molecule has 4 N–H and O–H groups in total. The minimum atomic E-state index is -0.347. The number of hydrogen-bond donors (Lipinski definition) is 3. The van der Waals surface area contributed by atoms with E-state index >= 15 is 0 Å². The average Bonchev–Trinajstić information content (AvgIpc) is 2.42. The Hall–Kier alpha value is -1.70. The fourth-order valence-corrected chi connectivity index (χ4v) is 1.92. The van der Waals surface area contributed by atoms with Crippen LogP contribution in [0.1, 0.15) is 15.9 Å². The smallest absolute Gasteiger partial charge is 0.257 e. The van der Waals surface area contributed by atoms with Crippen LogP contribution in [0, 0.1) is 6.92 Å². The topological polar surface area (TPSA) is 92.9 Å². The van der Waals surface area contributed by atoms with E-state index in [0.29, 0.717) is 17.2 Å². The summed E-state index contributed by atoms with van der Waals surface area (Å²) in [4.78, 5) is 20.1. The minimum Gasteiger partial charge on any atom is -0.308 e. The molecule has 20 heavy (non-hydrogen) atoms. The van der Waals surface area contributed by atoms with Gasteiger partial charge >= 0.3 is 0 Å². The van der Waals surface area contributed by atoms with E-state index < -0.39 is 0 Å². The highest BCUT2D eigenvalue weighted by molar-refractivity contribution is 9.10. The lowest BCUT2D eigenvalue weighted by Crippen LogP contribution is -2.15. The summed E-state index contributed by atoms with van der Waals surface area (Å²) in [5.41, 5.74) is 3.64. The predicted molar refractivity (Wildman–Crippen MR) is 81.7 cm³/mol. The van der Waals surface area contributed by atoms with Crippen molar-refractivity contribution in [2.45, 2.75) is 6.92 Å². The number of carbonyl (C=O) groups is 1. The van der Waals surface area contributed by atoms with Crippen molar-refractivity contribution in [2.24, 2.45) is 5.84 Å². The summed E-state index contributed by atoms with van der Waals surface area (Å²) in [5.74, 6) is 5.67. The van der Waals surface area contributed by atoms with Crippen molar-refractivity contribution >= 4 is 45.1 Å². The molecule has 1 amide bonds. The number of nitrogens with zero attached hydrogens (tertiary/aromatic N) is 2. The first kappa shape index (κ1) is 14.7. The first-order valence-corrected chi connectivity index (χ1v) is 6.74. The van der Waals surface area contributed by atoms with Crippen LogP contribution in [-0.4, -0.2) is 15.9 Å². The van der Waals surface area contributed by atoms with E-state index in [1.54, 1.807) is 12.3 Å². The fraction of sp³-hybridized carbons (Fsp3) is 0.0833. The molecule has 104 valence electrons. The van der Waals surface area contributed by atoms with Gasteiger partial charge < -0.3 is 10.7 Å². The molecule has 0 bridgehead atoms. The van der Waals surface area contributed by atoms with Crippen molar-refractivity contribution < 1.29 is 4.79 Å². The van der Waals surface area contributed by atoms with Crippen molar-refractivity contribution in [3.8, 4) is 0 Å². The van der Waals surface area contributed by atoms with Crippen molar-refractivity contribution in [3.63, 3.8) is 0 Å². The lowest BCUT2D eigenvalue weighted by molar-refractivity contribution is 0.102. The lowest BCUT2D eigenvalue weighted by Gasteiger charge is -2.07. The fourth-order valence-electron chi connectivity index (χ4n) is 1.50. The zero-order valence-electron chi connectivity index (χ0n) is 10.4. The number of hydrogen-bond acceptors (Lipinski definition) is 5. The van der Waals surface area contributed by atoms with E-state index in [4.69, 9.17) is 17.4 Å². The number of rotatable bonds is 3. The van der Waals surface area contributed by atoms with Crippen LogP contribution in [0.4, 0.5) is 11.6 Å². The van der Waals surface area contributed by atoms with Gasteiger partial charge in [-0.15, -0.1) is 0 Å². The normalized spacial score (nSPS) is 10.2. The maximum atomic E-state index is 12.1. The molecular weight excluding hydrogens is 346 g/mol. The first-order chi connectivity index (χ1) is 9.49. The molecular formula is C12H11BrClN5O. The van der Waals surface area contributed by atoms with Crippen LogP contribution in [0.25, 0.3) is 0 Å². The van der Waals surface area contributed by atoms with Crippen molar-refractivity contribution in [3.05, 3.63) is 45.1 Å². The number of amides is 1. The van der Waals surface area contributed by atoms with Crippen LogP contribution in [0.3, 0.4) is 0 Å². The Bertz CT molecular complexity index is 664. The number of halogens is 2. The van der Waals surface area contributed by atoms with E-state index in [-0.39, 0.29) is 11.1 Å². The maximum Gasteiger partial charge on any atom is 0.257 e. The van der Waals surface area contributed by atoms with Crippen LogP contribution in [0.2, 0.25) is 5.15 Å². The number of aromatic nitrogens is 2. The highest BCUT2D eigenvalue weighted by Crippen LogP contribution is 2.19. The molecule has 8 heteroatoms. The van der Waals surface area contributed by atoms with Gasteiger partial charge in [0, 0.05) is 16.2 Å². The quantitative estimate of drug-likeness (QED) is 0.447. The largest absolute Gasteiger partial charge is 0.308 e. The van der Waals surface area contributed by atoms with Gasteiger partial charge in [0.15, 0.2) is 0 Å². The molecule has 2 aromatic rings. The summed E-state index contributed by atoms with van der Waals surface area (Å²) in [6.45, 7) is 1.90. The summed E-state index contributed by atoms with van der Waals surface area (Å²) in [7, 11) is 0. The summed E-state index contributed by atoms with van der Waals surface area (Å²) >= 11 is 9.16. The van der Waals surface area contributed by atoms with Crippen molar-refractivity contribution in [1.82, 2.24) is 9.97 Å². The molecule has 0 aliphatic rings. The Kier molecular flexibility index (Phi) is 4.53. The molecule has 0 radical (unpaired) electrons. The lowest BCUT2D eigenvalue weighted by atomic mass is 10.2. The molecule has 0 saturated carbocycles. The Labute approximate surface area is 128 Å². The van der Waals surface area contributed by atoms with Crippen molar-refractivity contribution in [2.75, 3.05) is 10.7 Å². The molecule has 0 aromatic carbocycles. The average molecular weight is 357 g/mol. The molecule has 0 saturated heterocycles. The van der Waals surface area contributed by atoms with Gasteiger partial charge in [0.2, 0.25) is 0 Å². The molecule has 0 unspecified atom stereocenters. The van der Waals surface area contributed by atoms with E-state index in [9.17, 15) is 4.79 Å². The maximum absolute atomic E-state index is 12.1. The molecule has 0 aliphatic heterocycles. The number of anilines is 2. The van der Waals surface area contributed by atoms with Gasteiger partial charge in [-0.25, -0.2) is 15.8 Å². The zero-order chi connectivity index (χ0) is 14.7. The van der Waals surface area contributed by atoms with Gasteiger partial charge in [-0.2, -0.15) is 0 Å². The predicted octanol–water partition coefficient (Wildman–Crippen LogP) is 2.74. The Morgan fingerprint density at radius 3 is 2.75 bits per heavy atom. The van der Waals surface area contributed by atoms with Gasteiger partial charge in [0.25, 0.3) is 5.91 Å². The number of carbonyl (C=O) groups excluding carboxylic acids is 1. The molecule has 2 heterocycles. The van der Waals surface area contributed by atoms with E-state index in [1.807, 2.05) is 6.92 Å². The third-order valence-electron chi connectivity index (χ3n) is 2.49. The second-order valence-corrected chi connectivity index (χ2v) is 5.22. The third kappa shape index (κ3) is 3.44. The van der Waals surface area contributed by atoms with Gasteiger partial charge in [-0.1, -0.05) is 11.6 Å². The van der Waals surface area contributed by atoms with E-state index in [1.165, 1.54) is 12.1 Å². The summed E-state index contributed by atoms with van der Waals surface area (Å²) < 4.78 is 0.872. The van der Waals surface area contributed by atoms with E-state index in [2.05, 4.69) is 36.6 Å². The van der Waals surface area contributed by atoms with E-state index in [0.717, 1.165) is 10.0 Å². The SMILES string of the molecule is Cc1cc(NC(=O)c2cc(Cl)nc(NN)c2)ncc1Br. The highest BCUT2D eigenvalue weighted by Gasteiger charge is 2.10. The number of aryl methyl sites for hydroxylation is 1. The van der Waals surface area contributed by atoms with Crippen LogP contribution >= 0.6 is 27.5 Å². The third-order valence-corrected chi connectivity index (χ3v) is 3.52. The molecule has 0 aliphatic carbocycles. The Morgan fingerprint density at radius 2 is 2.10 bits per heavy atom. The van der Waals surface area contributed by atoms with Gasteiger partial charge in [-0.3, -0.25) is 4.79 Å². The molecule has 0 spiro atoms. The standard InChI is InChI=1S/C12H11BrClN5O/c1-6-2-10(16-5-8(6)13)18-12(20)7-3-9(14)17-11(4-7)19-15/h2-5H,15H2,1H3,(H,17,19)(H,16,18,20). The first-order valence-electron chi connectivity index (χ1n) is 5.57. The number of nitrogen functional groups attached to an aromatic ring is 1. The number of nitrogens with two attached hydrogens (primary N) is 1. The number of hydrazine groups is 1. The zero-order valence-corrected chi connectivity index (χ0v) is 12.8. The molecule has 2 rings (SSSR count). The van der Waals surface area contributed by atoms with Crippen LogP contribution in [0.15, 0.2) is 28.9 Å². The summed E-state index contributed by atoms with van der Waals surface area (Å²) in [6, 6.07) is 4.70. The van der Waals surface area contributed by atoms with Gasteiger partial charge in [-0.05, 0) is 46.6 Å². The monoisotopic (exact) mass is 355 g/mol. The van der Waals surface area contributed by atoms with Crippen LogP contribution in [-0.2, 0) is 0 Å². The minimum absolute atomic E-state index is 0.172. The molecule has 0 fully saturated rings. The Morgan fingerprint density at radius 1 is 1.35 bits per heavy atom. The number of pyridine rings is 2. The number of nitrogens with one attached hydrogen (secondary N) is 2. The molecule has 0 atom stereocenters. The molecule has 2 aromatic heterocycles. The summed E-state index contributed by atoms with van der Waals surface area (Å²) in [5, 5.41) is 2.85. The van der Waals surface area contributed by atoms with Crippen molar-refractivity contribution in [1.29, 1.82) is 0 Å². The van der Waals surface area contributed by atoms with Crippen LogP contribution < -0.4 is 16.6 Å². The highest BCUT2D eigenvalue weighted by atomic mass is 79.9.